The molecule has 1 aromatic heterocycles. The average Bonchev–Trinajstić information content (AvgIpc) is 2.90. The quantitative estimate of drug-likeness (QED) is 0.245. The summed E-state index contributed by atoms with van der Waals surface area (Å²) in [6, 6.07) is 11.4. The van der Waals surface area contributed by atoms with E-state index in [-0.39, 0.29) is 11.9 Å². The van der Waals surface area contributed by atoms with E-state index in [9.17, 15) is 9.59 Å². The second-order valence-electron chi connectivity index (χ2n) is 9.07. The number of amides is 1. The zero-order valence-electron chi connectivity index (χ0n) is 21.6. The molecule has 200 valence electrons. The molecular weight excluding hydrogens is 550 g/mol. The van der Waals surface area contributed by atoms with Gasteiger partial charge in [0, 0.05) is 40.7 Å². The van der Waals surface area contributed by atoms with Gasteiger partial charge in [0.05, 0.1) is 24.9 Å². The van der Waals surface area contributed by atoms with Crippen molar-refractivity contribution in [2.45, 2.75) is 26.2 Å². The van der Waals surface area contributed by atoms with Gasteiger partial charge in [0.2, 0.25) is 5.91 Å². The van der Waals surface area contributed by atoms with Crippen LogP contribution >= 0.6 is 15.9 Å². The number of hydrogen-bond donors (Lipinski definition) is 2. The summed E-state index contributed by atoms with van der Waals surface area (Å²) in [5.74, 6) is 1.13. The number of rotatable bonds is 10. The lowest BCUT2D eigenvalue weighted by molar-refractivity contribution is -0.144. The van der Waals surface area contributed by atoms with Gasteiger partial charge in [0.15, 0.2) is 0 Å². The standard InChI is InChI=1S/C28H32BrN5O4/c1-3-38-27(36)14-19-9-12-34(13-10-19)11-5-8-26(35)33-24-16-22-23(17-25(24)37-2)30-18-31-28(22)32-21-7-4-6-20(29)15-21/h4-8,15-19H,3,9-14H2,1-2H3,(H,33,35)(H,30,31,32). The Kier molecular flexibility index (Phi) is 9.67. The van der Waals surface area contributed by atoms with Crippen LogP contribution in [0.2, 0.25) is 0 Å². The molecule has 9 nitrogen and oxygen atoms in total. The highest BCUT2D eigenvalue weighted by atomic mass is 79.9. The molecule has 0 spiro atoms. The van der Waals surface area contributed by atoms with Gasteiger partial charge in [-0.3, -0.25) is 14.5 Å². The van der Waals surface area contributed by atoms with Crippen molar-refractivity contribution < 1.29 is 19.1 Å². The first-order valence-electron chi connectivity index (χ1n) is 12.7. The summed E-state index contributed by atoms with van der Waals surface area (Å²) >= 11 is 3.48. The van der Waals surface area contributed by atoms with E-state index in [1.54, 1.807) is 13.2 Å². The molecule has 2 N–H and O–H groups in total. The van der Waals surface area contributed by atoms with E-state index >= 15 is 0 Å². The van der Waals surface area contributed by atoms with Gasteiger partial charge in [0.25, 0.3) is 0 Å². The topological polar surface area (TPSA) is 106 Å². The van der Waals surface area contributed by atoms with Crippen molar-refractivity contribution in [3.8, 4) is 5.75 Å². The van der Waals surface area contributed by atoms with E-state index in [1.807, 2.05) is 43.3 Å². The highest BCUT2D eigenvalue weighted by Gasteiger charge is 2.21. The molecule has 0 aliphatic carbocycles. The Morgan fingerprint density at radius 2 is 2.00 bits per heavy atom. The Morgan fingerprint density at radius 1 is 1.18 bits per heavy atom. The molecule has 0 unspecified atom stereocenters. The van der Waals surface area contributed by atoms with E-state index in [2.05, 4.69) is 41.4 Å². The van der Waals surface area contributed by atoms with Crippen LogP contribution in [0.25, 0.3) is 10.9 Å². The van der Waals surface area contributed by atoms with Crippen LogP contribution in [0.4, 0.5) is 17.2 Å². The number of piperidine rings is 1. The van der Waals surface area contributed by atoms with Crippen molar-refractivity contribution in [3.05, 3.63) is 59.4 Å². The number of hydrogen-bond acceptors (Lipinski definition) is 8. The number of nitrogens with zero attached hydrogens (tertiary/aromatic N) is 3. The third kappa shape index (κ3) is 7.52. The molecule has 1 fully saturated rings. The van der Waals surface area contributed by atoms with E-state index in [0.717, 1.165) is 41.5 Å². The Morgan fingerprint density at radius 3 is 2.74 bits per heavy atom. The average molecular weight is 582 g/mol. The van der Waals surface area contributed by atoms with Gasteiger partial charge in [-0.2, -0.15) is 0 Å². The first kappa shape index (κ1) is 27.5. The predicted molar refractivity (Wildman–Crippen MR) is 152 cm³/mol. The van der Waals surface area contributed by atoms with Crippen molar-refractivity contribution in [1.29, 1.82) is 0 Å². The fourth-order valence-electron chi connectivity index (χ4n) is 4.47. The Balaban J connectivity index is 1.38. The number of carbonyl (C=O) groups is 2. The molecule has 2 heterocycles. The lowest BCUT2D eigenvalue weighted by Gasteiger charge is -2.30. The molecule has 2 aromatic carbocycles. The van der Waals surface area contributed by atoms with Crippen LogP contribution in [0, 0.1) is 5.92 Å². The second-order valence-corrected chi connectivity index (χ2v) is 9.99. The van der Waals surface area contributed by atoms with Crippen LogP contribution in [0.15, 0.2) is 59.4 Å². The normalized spacial score (nSPS) is 14.5. The lowest BCUT2D eigenvalue weighted by Crippen LogP contribution is -2.34. The minimum atomic E-state index is -0.252. The summed E-state index contributed by atoms with van der Waals surface area (Å²) in [5, 5.41) is 6.99. The van der Waals surface area contributed by atoms with Crippen LogP contribution in [0.5, 0.6) is 5.75 Å². The third-order valence-corrected chi connectivity index (χ3v) is 6.90. The Bertz CT molecular complexity index is 1310. The number of benzene rings is 2. The molecule has 3 aromatic rings. The Labute approximate surface area is 230 Å². The number of carbonyl (C=O) groups excluding carboxylic acids is 2. The largest absolute Gasteiger partial charge is 0.494 e. The summed E-state index contributed by atoms with van der Waals surface area (Å²) in [5.41, 5.74) is 2.09. The highest BCUT2D eigenvalue weighted by molar-refractivity contribution is 9.10. The van der Waals surface area contributed by atoms with Crippen molar-refractivity contribution >= 4 is 55.9 Å². The van der Waals surface area contributed by atoms with Gasteiger partial charge >= 0.3 is 5.97 Å². The number of methoxy groups -OCH3 is 1. The van der Waals surface area contributed by atoms with Crippen molar-refractivity contribution in [1.82, 2.24) is 14.9 Å². The van der Waals surface area contributed by atoms with Gasteiger partial charge in [0.1, 0.15) is 17.9 Å². The van der Waals surface area contributed by atoms with Crippen LogP contribution in [0.1, 0.15) is 26.2 Å². The molecule has 1 amide bonds. The fourth-order valence-corrected chi connectivity index (χ4v) is 4.86. The van der Waals surface area contributed by atoms with Crippen molar-refractivity contribution in [2.24, 2.45) is 5.92 Å². The van der Waals surface area contributed by atoms with Crippen LogP contribution in [-0.4, -0.2) is 60.1 Å². The number of esters is 1. The van der Waals surface area contributed by atoms with Crippen LogP contribution < -0.4 is 15.4 Å². The number of ether oxygens (including phenoxy) is 2. The van der Waals surface area contributed by atoms with E-state index in [4.69, 9.17) is 9.47 Å². The summed E-state index contributed by atoms with van der Waals surface area (Å²) in [6.07, 6.45) is 7.27. The smallest absolute Gasteiger partial charge is 0.306 e. The zero-order chi connectivity index (χ0) is 26.9. The van der Waals surface area contributed by atoms with Crippen LogP contribution in [0.3, 0.4) is 0 Å². The summed E-state index contributed by atoms with van der Waals surface area (Å²) in [7, 11) is 1.56. The zero-order valence-corrected chi connectivity index (χ0v) is 23.2. The minimum Gasteiger partial charge on any atom is -0.494 e. The Hall–Kier alpha value is -3.50. The SMILES string of the molecule is CCOC(=O)CC1CCN(CC=CC(=O)Nc2cc3c(Nc4cccc(Br)c4)ncnc3cc2OC)CC1. The predicted octanol–water partition coefficient (Wildman–Crippen LogP) is 5.30. The van der Waals surface area contributed by atoms with Crippen LogP contribution in [-0.2, 0) is 14.3 Å². The number of anilines is 3. The molecule has 1 saturated heterocycles. The molecule has 0 atom stereocenters. The summed E-state index contributed by atoms with van der Waals surface area (Å²) in [6.45, 7) is 4.70. The van der Waals surface area contributed by atoms with Gasteiger partial charge < -0.3 is 20.1 Å². The maximum atomic E-state index is 12.7. The highest BCUT2D eigenvalue weighted by Crippen LogP contribution is 2.33. The first-order chi connectivity index (χ1) is 18.4. The molecule has 38 heavy (non-hydrogen) atoms. The minimum absolute atomic E-state index is 0.116. The fraction of sp³-hybridized carbons (Fsp3) is 0.357. The van der Waals surface area contributed by atoms with Gasteiger partial charge in [-0.1, -0.05) is 28.1 Å². The molecule has 0 radical (unpaired) electrons. The van der Waals surface area contributed by atoms with Gasteiger partial charge in [-0.05, 0) is 63.0 Å². The summed E-state index contributed by atoms with van der Waals surface area (Å²) in [4.78, 5) is 35.5. The molecule has 1 aliphatic rings. The van der Waals surface area contributed by atoms with Gasteiger partial charge in [-0.15, -0.1) is 0 Å². The van der Waals surface area contributed by atoms with Gasteiger partial charge in [-0.25, -0.2) is 9.97 Å². The molecular formula is C28H32BrN5O4. The van der Waals surface area contributed by atoms with Crippen molar-refractivity contribution in [2.75, 3.05) is 44.0 Å². The van der Waals surface area contributed by atoms with Crippen molar-refractivity contribution in [3.63, 3.8) is 0 Å². The van der Waals surface area contributed by atoms with E-state index < -0.39 is 0 Å². The number of halogens is 1. The monoisotopic (exact) mass is 581 g/mol. The molecule has 10 heteroatoms. The first-order valence-corrected chi connectivity index (χ1v) is 13.4. The third-order valence-electron chi connectivity index (χ3n) is 6.40. The number of nitrogens with one attached hydrogen (secondary N) is 2. The maximum absolute atomic E-state index is 12.7. The lowest BCUT2D eigenvalue weighted by atomic mass is 9.93. The molecule has 0 bridgehead atoms. The number of aromatic nitrogens is 2. The van der Waals surface area contributed by atoms with E-state index in [1.165, 1.54) is 12.4 Å². The summed E-state index contributed by atoms with van der Waals surface area (Å²) < 4.78 is 11.5. The molecule has 1 aliphatic heterocycles. The maximum Gasteiger partial charge on any atom is 0.306 e. The molecule has 4 rings (SSSR count). The second kappa shape index (κ2) is 13.3. The number of likely N-dealkylation sites (tertiary alicyclic amines) is 1. The van der Waals surface area contributed by atoms with E-state index in [0.29, 0.717) is 48.3 Å². The number of fused-ring (bicyclic) bond motifs is 1. The molecule has 0 saturated carbocycles.